The van der Waals surface area contributed by atoms with Crippen molar-refractivity contribution in [3.05, 3.63) is 71.6 Å². The van der Waals surface area contributed by atoms with Gasteiger partial charge in [0.25, 0.3) is 0 Å². The first-order chi connectivity index (χ1) is 13.6. The molecule has 0 saturated carbocycles. The highest BCUT2D eigenvalue weighted by Gasteiger charge is 2.23. The van der Waals surface area contributed by atoms with Crippen molar-refractivity contribution >= 4 is 27.7 Å². The van der Waals surface area contributed by atoms with Crippen LogP contribution in [-0.2, 0) is 0 Å². The van der Waals surface area contributed by atoms with E-state index in [-0.39, 0.29) is 5.78 Å². The minimum absolute atomic E-state index is 0.0998. The largest absolute Gasteiger partial charge is 0.453 e. The third kappa shape index (κ3) is 2.79. The number of ketones is 1. The second-order valence-corrected chi connectivity index (χ2v) is 7.78. The van der Waals surface area contributed by atoms with E-state index in [1.54, 1.807) is 4.68 Å². The molecule has 28 heavy (non-hydrogen) atoms. The van der Waals surface area contributed by atoms with Crippen LogP contribution in [0.3, 0.4) is 0 Å². The van der Waals surface area contributed by atoms with Gasteiger partial charge in [-0.05, 0) is 74.8 Å². The second kappa shape index (κ2) is 6.53. The molecule has 0 bridgehead atoms. The number of nitrogen functional groups attached to an aromatic ring is 1. The molecule has 2 aromatic carbocycles. The Morgan fingerprint density at radius 2 is 1.89 bits per heavy atom. The average Bonchev–Trinajstić information content (AvgIpc) is 3.29. The van der Waals surface area contributed by atoms with Crippen molar-refractivity contribution in [3.8, 4) is 0 Å². The Labute approximate surface area is 163 Å². The van der Waals surface area contributed by atoms with Gasteiger partial charge in [0.2, 0.25) is 5.78 Å². The number of hydrogen-bond donors (Lipinski definition) is 1. The lowest BCUT2D eigenvalue weighted by Gasteiger charge is -2.28. The van der Waals surface area contributed by atoms with Crippen LogP contribution in [0.15, 0.2) is 59.1 Å². The van der Waals surface area contributed by atoms with Crippen molar-refractivity contribution in [1.29, 1.82) is 0 Å². The Morgan fingerprint density at radius 1 is 1.11 bits per heavy atom. The zero-order valence-electron chi connectivity index (χ0n) is 15.9. The third-order valence-corrected chi connectivity index (χ3v) is 5.93. The Kier molecular flexibility index (Phi) is 3.98. The highest BCUT2D eigenvalue weighted by atomic mass is 16.3. The van der Waals surface area contributed by atoms with Gasteiger partial charge in [-0.15, -0.1) is 0 Å². The summed E-state index contributed by atoms with van der Waals surface area (Å²) >= 11 is 0. The molecule has 2 N–H and O–H groups in total. The Hall–Kier alpha value is -3.05. The molecule has 3 heterocycles. The van der Waals surface area contributed by atoms with Crippen LogP contribution in [0.5, 0.6) is 0 Å². The molecule has 1 aliphatic heterocycles. The van der Waals surface area contributed by atoms with E-state index in [4.69, 9.17) is 10.3 Å². The van der Waals surface area contributed by atoms with E-state index >= 15 is 0 Å². The number of aromatic nitrogens is 1. The summed E-state index contributed by atoms with van der Waals surface area (Å²) in [5.41, 5.74) is 3.55. The second-order valence-electron chi connectivity index (χ2n) is 7.78. The molecule has 4 aromatic rings. The predicted molar refractivity (Wildman–Crippen MR) is 111 cm³/mol. The molecule has 142 valence electrons. The smallest absolute Gasteiger partial charge is 0.228 e. The maximum atomic E-state index is 13.1. The number of benzene rings is 2. The van der Waals surface area contributed by atoms with E-state index in [2.05, 4.69) is 11.9 Å². The lowest BCUT2D eigenvalue weighted by Crippen LogP contribution is -2.29. The third-order valence-electron chi connectivity index (χ3n) is 5.93. The lowest BCUT2D eigenvalue weighted by atomic mass is 9.89. The van der Waals surface area contributed by atoms with E-state index in [1.807, 2.05) is 54.7 Å². The van der Waals surface area contributed by atoms with Crippen LogP contribution < -0.4 is 5.84 Å². The summed E-state index contributed by atoms with van der Waals surface area (Å²) in [6.45, 7) is 2.17. The van der Waals surface area contributed by atoms with Crippen LogP contribution in [0.25, 0.3) is 21.9 Å². The van der Waals surface area contributed by atoms with Gasteiger partial charge in [0, 0.05) is 22.5 Å². The van der Waals surface area contributed by atoms with Gasteiger partial charge in [-0.2, -0.15) is 0 Å². The molecule has 5 heteroatoms. The molecule has 0 atom stereocenters. The fourth-order valence-electron chi connectivity index (χ4n) is 4.30. The molecule has 2 aromatic heterocycles. The fraction of sp³-hybridized carbons (Fsp3) is 0.261. The van der Waals surface area contributed by atoms with Gasteiger partial charge in [-0.1, -0.05) is 18.2 Å². The Morgan fingerprint density at radius 3 is 2.68 bits per heavy atom. The van der Waals surface area contributed by atoms with Crippen LogP contribution in [-0.4, -0.2) is 35.5 Å². The zero-order chi connectivity index (χ0) is 19.3. The summed E-state index contributed by atoms with van der Waals surface area (Å²) in [5.74, 6) is 6.94. The van der Waals surface area contributed by atoms with Crippen molar-refractivity contribution in [2.45, 2.75) is 18.8 Å². The molecule has 1 aliphatic rings. The van der Waals surface area contributed by atoms with Gasteiger partial charge >= 0.3 is 0 Å². The number of carbonyl (C=O) groups excluding carboxylic acids is 1. The SMILES string of the molecule is CN1CCC(c2cn(N)c3ccc(C(=O)c4cc5ccccc5o4)cc23)CC1. The van der Waals surface area contributed by atoms with Crippen LogP contribution in [0.1, 0.15) is 40.4 Å². The molecular formula is C23H23N3O2. The van der Waals surface area contributed by atoms with E-state index in [0.717, 1.165) is 47.8 Å². The normalized spacial score (nSPS) is 16.2. The van der Waals surface area contributed by atoms with Crippen LogP contribution >= 0.6 is 0 Å². The van der Waals surface area contributed by atoms with Gasteiger partial charge < -0.3 is 15.2 Å². The maximum absolute atomic E-state index is 13.1. The standard InChI is InChI=1S/C23H23N3O2/c1-25-10-8-15(9-11-25)19-14-26(24)20-7-6-17(12-18(19)20)23(27)22-13-16-4-2-3-5-21(16)28-22/h2-7,12-15H,8-11,24H2,1H3. The number of para-hydroxylation sites is 1. The number of nitrogens with two attached hydrogens (primary N) is 1. The van der Waals surface area contributed by atoms with Crippen molar-refractivity contribution in [2.75, 3.05) is 26.0 Å². The maximum Gasteiger partial charge on any atom is 0.228 e. The van der Waals surface area contributed by atoms with Crippen molar-refractivity contribution in [3.63, 3.8) is 0 Å². The number of furan rings is 1. The zero-order valence-corrected chi connectivity index (χ0v) is 15.9. The number of piperidine rings is 1. The van der Waals surface area contributed by atoms with E-state index in [9.17, 15) is 4.79 Å². The summed E-state index contributed by atoms with van der Waals surface area (Å²) < 4.78 is 7.45. The first-order valence-corrected chi connectivity index (χ1v) is 9.72. The quantitative estimate of drug-likeness (QED) is 0.433. The Balaban J connectivity index is 1.55. The minimum Gasteiger partial charge on any atom is -0.453 e. The summed E-state index contributed by atoms with van der Waals surface area (Å²) in [5, 5.41) is 2.01. The molecule has 0 unspecified atom stereocenters. The monoisotopic (exact) mass is 373 g/mol. The number of likely N-dealkylation sites (tertiary alicyclic amines) is 1. The molecule has 0 radical (unpaired) electrons. The molecule has 1 saturated heterocycles. The Bertz CT molecular complexity index is 1150. The number of rotatable bonds is 3. The molecule has 0 aliphatic carbocycles. The summed E-state index contributed by atoms with van der Waals surface area (Å²) in [4.78, 5) is 15.4. The highest BCUT2D eigenvalue weighted by Crippen LogP contribution is 2.34. The van der Waals surface area contributed by atoms with Gasteiger partial charge in [-0.25, -0.2) is 0 Å². The van der Waals surface area contributed by atoms with E-state index in [1.165, 1.54) is 5.56 Å². The van der Waals surface area contributed by atoms with Crippen molar-refractivity contribution in [2.24, 2.45) is 0 Å². The highest BCUT2D eigenvalue weighted by molar-refractivity contribution is 6.10. The molecule has 0 spiro atoms. The first-order valence-electron chi connectivity index (χ1n) is 9.72. The summed E-state index contributed by atoms with van der Waals surface area (Å²) in [6, 6.07) is 15.2. The number of carbonyl (C=O) groups is 1. The fourth-order valence-corrected chi connectivity index (χ4v) is 4.30. The molecule has 5 nitrogen and oxygen atoms in total. The van der Waals surface area contributed by atoms with Gasteiger partial charge in [0.05, 0.1) is 5.52 Å². The summed E-state index contributed by atoms with van der Waals surface area (Å²) in [6.07, 6.45) is 4.24. The minimum atomic E-state index is -0.0998. The molecule has 1 fully saturated rings. The van der Waals surface area contributed by atoms with Gasteiger partial charge in [0.15, 0.2) is 5.76 Å². The summed E-state index contributed by atoms with van der Waals surface area (Å²) in [7, 11) is 2.16. The molecule has 0 amide bonds. The van der Waals surface area contributed by atoms with Crippen molar-refractivity contribution < 1.29 is 9.21 Å². The van der Waals surface area contributed by atoms with Crippen LogP contribution in [0.4, 0.5) is 0 Å². The number of fused-ring (bicyclic) bond motifs is 2. The predicted octanol–water partition coefficient (Wildman–Crippen LogP) is 4.14. The number of hydrogen-bond acceptors (Lipinski definition) is 4. The topological polar surface area (TPSA) is 64.4 Å². The lowest BCUT2D eigenvalue weighted by molar-refractivity contribution is 0.101. The number of nitrogens with zero attached hydrogens (tertiary/aromatic N) is 2. The van der Waals surface area contributed by atoms with Crippen molar-refractivity contribution in [1.82, 2.24) is 9.58 Å². The average molecular weight is 373 g/mol. The van der Waals surface area contributed by atoms with Gasteiger partial charge in [0.1, 0.15) is 5.58 Å². The first kappa shape index (κ1) is 17.1. The van der Waals surface area contributed by atoms with Crippen LogP contribution in [0, 0.1) is 0 Å². The van der Waals surface area contributed by atoms with Gasteiger partial charge in [-0.3, -0.25) is 9.47 Å². The van der Waals surface area contributed by atoms with E-state index in [0.29, 0.717) is 17.2 Å². The molecular weight excluding hydrogens is 350 g/mol. The molecule has 5 rings (SSSR count). The van der Waals surface area contributed by atoms with Crippen LogP contribution in [0.2, 0.25) is 0 Å². The van der Waals surface area contributed by atoms with E-state index < -0.39 is 0 Å².